The van der Waals surface area contributed by atoms with Crippen LogP contribution in [0.1, 0.15) is 0 Å². The van der Waals surface area contributed by atoms with E-state index < -0.39 is 0 Å². The van der Waals surface area contributed by atoms with Gasteiger partial charge in [0.05, 0.1) is 0 Å². The maximum Gasteiger partial charge on any atom is 0.0344 e. The zero-order valence-corrected chi connectivity index (χ0v) is 16.4. The van der Waals surface area contributed by atoms with Crippen LogP contribution in [0.25, 0.3) is 22.9 Å². The first-order chi connectivity index (χ1) is 5.66. The Hall–Kier alpha value is 0.200. The van der Waals surface area contributed by atoms with Crippen LogP contribution in [0, 0.1) is 0 Å². The van der Waals surface area contributed by atoms with Crippen LogP contribution in [-0.4, -0.2) is 25.6 Å². The summed E-state index contributed by atoms with van der Waals surface area (Å²) in [6.45, 7) is 0. The van der Waals surface area contributed by atoms with Crippen molar-refractivity contribution in [2.75, 3.05) is 0 Å². The first kappa shape index (κ1) is 55.7. The van der Waals surface area contributed by atoms with Crippen molar-refractivity contribution in [2.24, 2.45) is 0 Å². The molecule has 0 aliphatic rings. The molecule has 0 unspecified atom stereocenters. The number of carbonyl (C=O) groups is 4. The van der Waals surface area contributed by atoms with Crippen molar-refractivity contribution in [1.82, 2.24) is 0 Å². The van der Waals surface area contributed by atoms with Crippen molar-refractivity contribution in [3.63, 3.8) is 0 Å². The Labute approximate surface area is 143 Å². The Kier molecular flexibility index (Phi) is 604. The maximum absolute atomic E-state index is 8.47. The summed E-state index contributed by atoms with van der Waals surface area (Å²) in [7, 11) is 0. The van der Waals surface area contributed by atoms with Crippen molar-refractivity contribution >= 4 is 25.6 Å². The van der Waals surface area contributed by atoms with Crippen LogP contribution in [0.2, 0.25) is 0 Å². The largest absolute Gasteiger partial charge is 1.00 e. The van der Waals surface area contributed by atoms with Gasteiger partial charge in [-0.25, -0.2) is 0 Å². The van der Waals surface area contributed by atoms with Gasteiger partial charge < -0.3 is 66.9 Å². The third kappa shape index (κ3) is 61700. The van der Waals surface area contributed by atoms with Crippen LogP contribution < -0.4 is 24.8 Å². The van der Waals surface area contributed by atoms with Gasteiger partial charge in [0, 0.05) is 77.3 Å². The van der Waals surface area contributed by atoms with Crippen molar-refractivity contribution < 1.29 is 95.7 Å². The first-order valence-corrected chi connectivity index (χ1v) is 2.10. The molecule has 0 aromatic rings. The van der Waals surface area contributed by atoms with Crippen LogP contribution in [0.15, 0.2) is 0 Å². The number of nitrogens with one attached hydrogen (secondary N) is 4. The molecule has 0 atom stereocenters. The topological polar surface area (TPSA) is 163 Å². The van der Waals surface area contributed by atoms with Gasteiger partial charge >= 0.3 is 0 Å². The molecular formula is C4H8Cl2Hf2N4O4-6. The molecule has 4 amide bonds. The van der Waals surface area contributed by atoms with E-state index in [1.54, 1.807) is 0 Å². The first-order valence-electron chi connectivity index (χ1n) is 2.10. The van der Waals surface area contributed by atoms with Crippen molar-refractivity contribution in [3.8, 4) is 0 Å². The number of hydrogen-bond acceptors (Lipinski definition) is 4. The van der Waals surface area contributed by atoms with E-state index >= 15 is 0 Å². The van der Waals surface area contributed by atoms with Crippen LogP contribution in [0.4, 0.5) is 0 Å². The molecule has 0 aliphatic heterocycles. The van der Waals surface area contributed by atoms with Gasteiger partial charge in [0.1, 0.15) is 0 Å². The van der Waals surface area contributed by atoms with E-state index in [0.717, 1.165) is 0 Å². The number of amides is 4. The minimum Gasteiger partial charge on any atom is -1.00 e. The molecule has 4 N–H and O–H groups in total. The molecule has 96 valence electrons. The number of halogens is 2. The van der Waals surface area contributed by atoms with Crippen LogP contribution in [0.3, 0.4) is 0 Å². The van der Waals surface area contributed by atoms with E-state index in [0.29, 0.717) is 0 Å². The number of rotatable bonds is 0. The second-order valence-electron chi connectivity index (χ2n) is 0.471. The summed E-state index contributed by atoms with van der Waals surface area (Å²) in [4.78, 5) is 33.9. The van der Waals surface area contributed by atoms with E-state index in [-0.39, 0.29) is 102 Å². The molecule has 0 saturated heterocycles. The van der Waals surface area contributed by atoms with Gasteiger partial charge in [-0.2, -0.15) is 0 Å². The second-order valence-corrected chi connectivity index (χ2v) is 0.471. The quantitative estimate of drug-likeness (QED) is 0.200. The Balaban J connectivity index is -0.00000000821. The molecule has 8 nitrogen and oxygen atoms in total. The predicted octanol–water partition coefficient (Wildman–Crippen LogP) is -5.22. The average molecular weight is 604 g/mol. The fourth-order valence-corrected chi connectivity index (χ4v) is 0. The predicted molar refractivity (Wildman–Crippen MR) is 41.5 cm³/mol. The maximum atomic E-state index is 8.47. The Morgan fingerprint density at radius 2 is 0.500 bits per heavy atom. The second kappa shape index (κ2) is 174. The van der Waals surface area contributed by atoms with Gasteiger partial charge in [-0.15, -0.1) is 0 Å². The van der Waals surface area contributed by atoms with E-state index in [4.69, 9.17) is 42.1 Å². The molecular weight excluding hydrogens is 596 g/mol. The Bertz CT molecular complexity index is 90.0. The summed E-state index contributed by atoms with van der Waals surface area (Å²) >= 11 is 0. The summed E-state index contributed by atoms with van der Waals surface area (Å²) in [5, 5.41) is 0. The molecule has 0 spiro atoms. The molecule has 0 aromatic heterocycles. The van der Waals surface area contributed by atoms with Gasteiger partial charge in [0.15, 0.2) is 0 Å². The molecule has 0 heterocycles. The zero-order chi connectivity index (χ0) is 10.8. The van der Waals surface area contributed by atoms with Crippen LogP contribution in [0.5, 0.6) is 0 Å². The molecule has 16 heavy (non-hydrogen) atoms. The minimum atomic E-state index is 0. The zero-order valence-electron chi connectivity index (χ0n) is 7.70. The summed E-state index contributed by atoms with van der Waals surface area (Å²) in [5.74, 6) is 0. The normalized spacial score (nSPS) is 3.00. The van der Waals surface area contributed by atoms with Crippen molar-refractivity contribution in [2.45, 2.75) is 0 Å². The van der Waals surface area contributed by atoms with Gasteiger partial charge in [-0.1, -0.05) is 0 Å². The fourth-order valence-electron chi connectivity index (χ4n) is 0. The van der Waals surface area contributed by atoms with Gasteiger partial charge in [0.2, 0.25) is 0 Å². The molecule has 0 radical (unpaired) electrons. The van der Waals surface area contributed by atoms with Gasteiger partial charge in [0.25, 0.3) is 0 Å². The minimum absolute atomic E-state index is 0. The number of hydrogen-bond donors (Lipinski definition) is 0. The molecule has 0 aliphatic carbocycles. The molecule has 0 rings (SSSR count). The average Bonchev–Trinajstić information content (AvgIpc) is 1.92. The van der Waals surface area contributed by atoms with Crippen molar-refractivity contribution in [3.05, 3.63) is 22.9 Å². The smallest absolute Gasteiger partial charge is 0.0344 e. The SMILES string of the molecule is [Cl-].[Cl-].[Hf].[Hf].[NH-]C=O.[NH-]C=O.[NH-]C=O.[NH-]C=O. The molecule has 0 fully saturated rings. The third-order valence-electron chi connectivity index (χ3n) is 0. The van der Waals surface area contributed by atoms with Crippen molar-refractivity contribution in [1.29, 1.82) is 0 Å². The fraction of sp³-hybridized carbons (Fsp3) is 0. The van der Waals surface area contributed by atoms with Gasteiger partial charge in [-0.3, -0.25) is 0 Å². The Morgan fingerprint density at radius 3 is 0.500 bits per heavy atom. The summed E-state index contributed by atoms with van der Waals surface area (Å²) in [5.41, 5.74) is 22.1. The summed E-state index contributed by atoms with van der Waals surface area (Å²) in [6, 6.07) is 0. The van der Waals surface area contributed by atoms with E-state index in [1.807, 2.05) is 0 Å². The van der Waals surface area contributed by atoms with E-state index in [9.17, 15) is 0 Å². The molecule has 0 bridgehead atoms. The van der Waals surface area contributed by atoms with Crippen LogP contribution >= 0.6 is 0 Å². The van der Waals surface area contributed by atoms with Gasteiger partial charge in [-0.05, 0) is 0 Å². The standard InChI is InChI=1S/4CH3NO.2ClH.2Hf/c4*2-1-3;;;;/h4*1H,(H2,2,3);2*1H;;/p-6. The van der Waals surface area contributed by atoms with E-state index in [2.05, 4.69) is 0 Å². The van der Waals surface area contributed by atoms with Crippen LogP contribution in [-0.2, 0) is 70.9 Å². The third-order valence-corrected chi connectivity index (χ3v) is 0. The summed E-state index contributed by atoms with van der Waals surface area (Å²) < 4.78 is 0. The summed E-state index contributed by atoms with van der Waals surface area (Å²) in [6.07, 6.45) is 0. The number of carbonyl (C=O) groups excluding carboxylic acids is 4. The monoisotopic (exact) mass is 606 g/mol. The molecule has 12 heteroatoms. The Morgan fingerprint density at radius 1 is 0.500 bits per heavy atom. The molecule has 0 aromatic carbocycles. The molecule has 0 saturated carbocycles. The van der Waals surface area contributed by atoms with E-state index in [1.165, 1.54) is 0 Å².